The van der Waals surface area contributed by atoms with Crippen molar-refractivity contribution in [3.63, 3.8) is 0 Å². The average molecular weight is 326 g/mol. The lowest BCUT2D eigenvalue weighted by Crippen LogP contribution is -2.21. The Kier molecular flexibility index (Phi) is 6.04. The van der Waals surface area contributed by atoms with Gasteiger partial charge in [0.05, 0.1) is 0 Å². The van der Waals surface area contributed by atoms with Gasteiger partial charge in [-0.05, 0) is 106 Å². The third kappa shape index (κ3) is 3.69. The van der Waals surface area contributed by atoms with Gasteiger partial charge in [0.15, 0.2) is 0 Å². The van der Waals surface area contributed by atoms with Gasteiger partial charge in [0.25, 0.3) is 0 Å². The van der Waals surface area contributed by atoms with Gasteiger partial charge in [-0.1, -0.05) is 37.6 Å². The summed E-state index contributed by atoms with van der Waals surface area (Å²) in [4.78, 5) is 0. The van der Waals surface area contributed by atoms with Gasteiger partial charge in [-0.2, -0.15) is 0 Å². The molecule has 2 aromatic carbocycles. The van der Waals surface area contributed by atoms with E-state index in [1.54, 1.807) is 10.6 Å². The van der Waals surface area contributed by atoms with Crippen LogP contribution in [-0.4, -0.2) is 6.16 Å². The fraction of sp³-hybridized carbons (Fsp3) is 0.455. The minimum Gasteiger partial charge on any atom is -0.0654 e. The Hall–Kier alpha value is -1.13. The average Bonchev–Trinajstić information content (AvgIpc) is 2.53. The highest BCUT2D eigenvalue weighted by molar-refractivity contribution is 7.73. The van der Waals surface area contributed by atoms with E-state index in [1.165, 1.54) is 52.4 Å². The largest absolute Gasteiger partial charge is 0.0654 e. The fourth-order valence-electron chi connectivity index (χ4n) is 3.16. The van der Waals surface area contributed by atoms with Crippen LogP contribution >= 0.6 is 7.92 Å². The molecule has 0 fully saturated rings. The zero-order chi connectivity index (χ0) is 17.1. The van der Waals surface area contributed by atoms with Crippen LogP contribution in [0.3, 0.4) is 0 Å². The molecule has 0 bridgehead atoms. The van der Waals surface area contributed by atoms with Crippen molar-refractivity contribution in [2.75, 3.05) is 6.16 Å². The number of unbranched alkanes of at least 4 members (excludes halogenated alkanes) is 1. The minimum absolute atomic E-state index is 0.256. The molecule has 0 aliphatic carbocycles. The Balaban J connectivity index is 2.59. The van der Waals surface area contributed by atoms with Crippen LogP contribution < -0.4 is 10.6 Å². The lowest BCUT2D eigenvalue weighted by molar-refractivity contribution is 0.893. The normalized spacial score (nSPS) is 11.3. The van der Waals surface area contributed by atoms with Crippen molar-refractivity contribution in [2.45, 2.75) is 61.3 Å². The molecule has 0 spiro atoms. The molecule has 2 aromatic rings. The molecule has 0 aliphatic heterocycles. The Labute approximate surface area is 144 Å². The molecule has 0 nitrogen and oxygen atoms in total. The van der Waals surface area contributed by atoms with Crippen LogP contribution in [0.15, 0.2) is 24.3 Å². The lowest BCUT2D eigenvalue weighted by atomic mass is 10.0. The van der Waals surface area contributed by atoms with Gasteiger partial charge in [0.1, 0.15) is 0 Å². The standard InChI is InChI=1S/C22H31P/c1-8-9-14-23(21-12-10-15(2)17(4)19(21)6)22-13-11-16(3)18(5)20(22)7/h10-13H,8-9,14H2,1-7H3. The van der Waals surface area contributed by atoms with Gasteiger partial charge in [-0.3, -0.25) is 0 Å². The number of hydrogen-bond donors (Lipinski definition) is 0. The first kappa shape index (κ1) is 18.2. The highest BCUT2D eigenvalue weighted by atomic mass is 31.1. The molecule has 0 aliphatic rings. The minimum atomic E-state index is -0.256. The van der Waals surface area contributed by atoms with E-state index in [2.05, 4.69) is 72.7 Å². The summed E-state index contributed by atoms with van der Waals surface area (Å²) in [6.07, 6.45) is 3.88. The maximum absolute atomic E-state index is 2.40. The number of rotatable bonds is 5. The van der Waals surface area contributed by atoms with Crippen LogP contribution in [0.2, 0.25) is 0 Å². The summed E-state index contributed by atoms with van der Waals surface area (Å²) in [5.41, 5.74) is 8.76. The van der Waals surface area contributed by atoms with Gasteiger partial charge in [-0.15, -0.1) is 0 Å². The summed E-state index contributed by atoms with van der Waals surface area (Å²) < 4.78 is 0. The maximum Gasteiger partial charge on any atom is -0.0163 e. The molecule has 2 rings (SSSR count). The molecule has 124 valence electrons. The van der Waals surface area contributed by atoms with E-state index in [-0.39, 0.29) is 7.92 Å². The van der Waals surface area contributed by atoms with Crippen LogP contribution in [0.5, 0.6) is 0 Å². The molecule has 23 heavy (non-hydrogen) atoms. The molecule has 0 saturated heterocycles. The van der Waals surface area contributed by atoms with E-state index >= 15 is 0 Å². The molecule has 0 atom stereocenters. The van der Waals surface area contributed by atoms with Gasteiger partial charge < -0.3 is 0 Å². The van der Waals surface area contributed by atoms with E-state index < -0.39 is 0 Å². The van der Waals surface area contributed by atoms with Crippen molar-refractivity contribution >= 4 is 18.5 Å². The van der Waals surface area contributed by atoms with Crippen molar-refractivity contribution in [2.24, 2.45) is 0 Å². The van der Waals surface area contributed by atoms with Crippen LogP contribution in [0.4, 0.5) is 0 Å². The van der Waals surface area contributed by atoms with Crippen LogP contribution in [0.25, 0.3) is 0 Å². The summed E-state index contributed by atoms with van der Waals surface area (Å²) in [5.74, 6) is 0. The van der Waals surface area contributed by atoms with Crippen LogP contribution in [0.1, 0.15) is 53.1 Å². The first-order valence-electron chi connectivity index (χ1n) is 8.79. The van der Waals surface area contributed by atoms with Gasteiger partial charge in [0.2, 0.25) is 0 Å². The Morgan fingerprint density at radius 2 is 1.09 bits per heavy atom. The molecule has 0 N–H and O–H groups in total. The molecule has 0 amide bonds. The second-order valence-electron chi connectivity index (χ2n) is 6.81. The summed E-state index contributed by atoms with van der Waals surface area (Å²) in [7, 11) is -0.256. The summed E-state index contributed by atoms with van der Waals surface area (Å²) in [5, 5.41) is 3.17. The molecule has 0 heterocycles. The summed E-state index contributed by atoms with van der Waals surface area (Å²) >= 11 is 0. The molecule has 0 radical (unpaired) electrons. The fourth-order valence-corrected chi connectivity index (χ4v) is 6.18. The monoisotopic (exact) mass is 326 g/mol. The molecular weight excluding hydrogens is 295 g/mol. The van der Waals surface area contributed by atoms with Gasteiger partial charge in [-0.25, -0.2) is 0 Å². The van der Waals surface area contributed by atoms with Crippen molar-refractivity contribution < 1.29 is 0 Å². The van der Waals surface area contributed by atoms with Crippen molar-refractivity contribution in [1.29, 1.82) is 0 Å². The topological polar surface area (TPSA) is 0 Å². The third-order valence-corrected chi connectivity index (χ3v) is 8.27. The second-order valence-corrected chi connectivity index (χ2v) is 9.08. The molecule has 1 heteroatoms. The summed E-state index contributed by atoms with van der Waals surface area (Å²) in [6, 6.07) is 9.42. The van der Waals surface area contributed by atoms with Crippen molar-refractivity contribution in [3.05, 3.63) is 57.6 Å². The zero-order valence-electron chi connectivity index (χ0n) is 15.9. The number of aryl methyl sites for hydroxylation is 2. The highest BCUT2D eigenvalue weighted by Crippen LogP contribution is 2.38. The molecule has 0 saturated carbocycles. The predicted octanol–water partition coefficient (Wildman–Crippen LogP) is 5.77. The molecule has 0 aromatic heterocycles. The lowest BCUT2D eigenvalue weighted by Gasteiger charge is -2.25. The van der Waals surface area contributed by atoms with Crippen LogP contribution in [0, 0.1) is 41.5 Å². The maximum atomic E-state index is 2.40. The number of benzene rings is 2. The predicted molar refractivity (Wildman–Crippen MR) is 107 cm³/mol. The molecule has 0 unspecified atom stereocenters. The molecular formula is C22H31P. The van der Waals surface area contributed by atoms with Gasteiger partial charge >= 0.3 is 0 Å². The number of hydrogen-bond acceptors (Lipinski definition) is 0. The zero-order valence-corrected chi connectivity index (χ0v) is 16.8. The Morgan fingerprint density at radius 1 is 0.652 bits per heavy atom. The van der Waals surface area contributed by atoms with Crippen molar-refractivity contribution in [3.8, 4) is 0 Å². The van der Waals surface area contributed by atoms with Crippen molar-refractivity contribution in [1.82, 2.24) is 0 Å². The van der Waals surface area contributed by atoms with E-state index in [1.807, 2.05) is 0 Å². The van der Waals surface area contributed by atoms with E-state index in [9.17, 15) is 0 Å². The first-order chi connectivity index (χ1) is 10.9. The Bertz CT molecular complexity index is 640. The van der Waals surface area contributed by atoms with E-state index in [0.717, 1.165) is 0 Å². The smallest absolute Gasteiger partial charge is 0.0163 e. The van der Waals surface area contributed by atoms with Gasteiger partial charge in [0, 0.05) is 0 Å². The summed E-state index contributed by atoms with van der Waals surface area (Å²) in [6.45, 7) is 15.9. The highest BCUT2D eigenvalue weighted by Gasteiger charge is 2.19. The van der Waals surface area contributed by atoms with Crippen LogP contribution in [-0.2, 0) is 0 Å². The SMILES string of the molecule is CCCCP(c1ccc(C)c(C)c1C)c1ccc(C)c(C)c1C. The van der Waals surface area contributed by atoms with E-state index in [0.29, 0.717) is 0 Å². The Morgan fingerprint density at radius 3 is 1.48 bits per heavy atom. The quantitative estimate of drug-likeness (QED) is 0.612. The first-order valence-corrected chi connectivity index (χ1v) is 10.3. The third-order valence-electron chi connectivity index (χ3n) is 5.38. The second kappa shape index (κ2) is 7.63. The van der Waals surface area contributed by atoms with E-state index in [4.69, 9.17) is 0 Å².